The van der Waals surface area contributed by atoms with E-state index in [1.165, 1.54) is 4.90 Å². The number of rotatable bonds is 5. The van der Waals surface area contributed by atoms with Gasteiger partial charge in [0.1, 0.15) is 12.1 Å². The third-order valence-electron chi connectivity index (χ3n) is 4.08. The predicted octanol–water partition coefficient (Wildman–Crippen LogP) is 1.52. The van der Waals surface area contributed by atoms with Crippen LogP contribution in [-0.2, 0) is 9.59 Å². The van der Waals surface area contributed by atoms with Gasteiger partial charge in [0, 0.05) is 12.1 Å². The molecule has 0 aliphatic carbocycles. The Hall–Kier alpha value is -2.37. The largest absolute Gasteiger partial charge is 0.480 e. The minimum Gasteiger partial charge on any atom is -0.480 e. The zero-order chi connectivity index (χ0) is 17.0. The van der Waals surface area contributed by atoms with Gasteiger partial charge in [-0.2, -0.15) is 0 Å². The molecule has 0 spiro atoms. The number of amides is 2. The molecule has 1 fully saturated rings. The van der Waals surface area contributed by atoms with E-state index in [2.05, 4.69) is 5.32 Å². The van der Waals surface area contributed by atoms with E-state index in [1.54, 1.807) is 24.3 Å². The standard InChI is InChI=1S/C17H22N2O4/c1-11(2)14(18-15(20)12-7-4-3-5-8-12)16(21)19-10-6-9-13(19)17(22)23/h3-5,7-8,11,13-14H,6,9-10H2,1-2H3,(H,18,20)(H,22,23)/t13-,14?/m0/s1. The molecule has 1 aliphatic heterocycles. The zero-order valence-corrected chi connectivity index (χ0v) is 13.4. The number of benzene rings is 1. The van der Waals surface area contributed by atoms with Crippen molar-refractivity contribution in [3.63, 3.8) is 0 Å². The van der Waals surface area contributed by atoms with Gasteiger partial charge < -0.3 is 15.3 Å². The molecule has 0 aromatic heterocycles. The minimum atomic E-state index is -0.993. The first kappa shape index (κ1) is 17.0. The lowest BCUT2D eigenvalue weighted by atomic mass is 10.0. The van der Waals surface area contributed by atoms with Crippen molar-refractivity contribution in [1.82, 2.24) is 10.2 Å². The van der Waals surface area contributed by atoms with E-state index in [9.17, 15) is 19.5 Å². The Kier molecular flexibility index (Phi) is 5.36. The van der Waals surface area contributed by atoms with Gasteiger partial charge in [0.05, 0.1) is 0 Å². The number of aliphatic carboxylic acids is 1. The highest BCUT2D eigenvalue weighted by Crippen LogP contribution is 2.20. The van der Waals surface area contributed by atoms with E-state index < -0.39 is 18.1 Å². The second kappa shape index (κ2) is 7.26. The Morgan fingerprint density at radius 1 is 1.22 bits per heavy atom. The minimum absolute atomic E-state index is 0.134. The maximum absolute atomic E-state index is 12.7. The maximum Gasteiger partial charge on any atom is 0.326 e. The lowest BCUT2D eigenvalue weighted by Crippen LogP contribution is -2.53. The van der Waals surface area contributed by atoms with Crippen molar-refractivity contribution in [3.05, 3.63) is 35.9 Å². The highest BCUT2D eigenvalue weighted by Gasteiger charge is 2.38. The van der Waals surface area contributed by atoms with Crippen LogP contribution in [0.2, 0.25) is 0 Å². The summed E-state index contributed by atoms with van der Waals surface area (Å²) in [5, 5.41) is 12.0. The van der Waals surface area contributed by atoms with Crippen molar-refractivity contribution < 1.29 is 19.5 Å². The van der Waals surface area contributed by atoms with Crippen LogP contribution in [0, 0.1) is 5.92 Å². The van der Waals surface area contributed by atoms with Gasteiger partial charge in [-0.3, -0.25) is 9.59 Å². The van der Waals surface area contributed by atoms with Crippen molar-refractivity contribution in [2.24, 2.45) is 5.92 Å². The van der Waals surface area contributed by atoms with Crippen molar-refractivity contribution in [2.45, 2.75) is 38.8 Å². The molecule has 1 aromatic rings. The van der Waals surface area contributed by atoms with Crippen molar-refractivity contribution in [3.8, 4) is 0 Å². The number of hydrogen-bond acceptors (Lipinski definition) is 3. The molecule has 1 heterocycles. The van der Waals surface area contributed by atoms with Crippen LogP contribution < -0.4 is 5.32 Å². The number of carbonyl (C=O) groups is 3. The Balaban J connectivity index is 2.13. The van der Waals surface area contributed by atoms with Gasteiger partial charge in [0.15, 0.2) is 0 Å². The van der Waals surface area contributed by atoms with Gasteiger partial charge in [-0.25, -0.2) is 4.79 Å². The van der Waals surface area contributed by atoms with Crippen LogP contribution in [0.15, 0.2) is 30.3 Å². The van der Waals surface area contributed by atoms with Crippen LogP contribution in [0.25, 0.3) is 0 Å². The molecule has 1 unspecified atom stereocenters. The van der Waals surface area contributed by atoms with Crippen LogP contribution in [0.1, 0.15) is 37.0 Å². The molecular weight excluding hydrogens is 296 g/mol. The summed E-state index contributed by atoms with van der Waals surface area (Å²) < 4.78 is 0. The molecule has 124 valence electrons. The fourth-order valence-corrected chi connectivity index (χ4v) is 2.79. The van der Waals surface area contributed by atoms with Crippen LogP contribution >= 0.6 is 0 Å². The summed E-state index contributed by atoms with van der Waals surface area (Å²) in [7, 11) is 0. The fourth-order valence-electron chi connectivity index (χ4n) is 2.79. The van der Waals surface area contributed by atoms with E-state index in [4.69, 9.17) is 0 Å². The van der Waals surface area contributed by atoms with E-state index in [0.29, 0.717) is 24.9 Å². The van der Waals surface area contributed by atoms with Gasteiger partial charge in [0.25, 0.3) is 5.91 Å². The second-order valence-electron chi connectivity index (χ2n) is 6.09. The number of carboxylic acids is 1. The topological polar surface area (TPSA) is 86.7 Å². The van der Waals surface area contributed by atoms with E-state index in [0.717, 1.165) is 0 Å². The first-order valence-electron chi connectivity index (χ1n) is 7.81. The molecule has 2 amide bonds. The number of likely N-dealkylation sites (tertiary alicyclic amines) is 1. The second-order valence-corrected chi connectivity index (χ2v) is 6.09. The fraction of sp³-hybridized carbons (Fsp3) is 0.471. The molecule has 0 bridgehead atoms. The molecule has 0 saturated carbocycles. The van der Waals surface area contributed by atoms with Gasteiger partial charge in [0.2, 0.25) is 5.91 Å². The van der Waals surface area contributed by atoms with Crippen LogP contribution in [0.4, 0.5) is 0 Å². The molecule has 2 N–H and O–H groups in total. The van der Waals surface area contributed by atoms with E-state index in [-0.39, 0.29) is 17.7 Å². The Morgan fingerprint density at radius 3 is 2.43 bits per heavy atom. The summed E-state index contributed by atoms with van der Waals surface area (Å²) >= 11 is 0. The summed E-state index contributed by atoms with van der Waals surface area (Å²) in [4.78, 5) is 37.7. The molecule has 6 nitrogen and oxygen atoms in total. The average molecular weight is 318 g/mol. The molecule has 1 aliphatic rings. The Bertz CT molecular complexity index is 586. The zero-order valence-electron chi connectivity index (χ0n) is 13.4. The number of carbonyl (C=O) groups excluding carboxylic acids is 2. The van der Waals surface area contributed by atoms with E-state index >= 15 is 0 Å². The molecular formula is C17H22N2O4. The summed E-state index contributed by atoms with van der Waals surface area (Å²) in [6.07, 6.45) is 1.12. The van der Waals surface area contributed by atoms with Gasteiger partial charge in [-0.1, -0.05) is 32.0 Å². The summed E-state index contributed by atoms with van der Waals surface area (Å²) in [5.41, 5.74) is 0.474. The average Bonchev–Trinajstić information content (AvgIpc) is 3.02. The predicted molar refractivity (Wildman–Crippen MR) is 84.9 cm³/mol. The van der Waals surface area contributed by atoms with Crippen molar-refractivity contribution >= 4 is 17.8 Å². The SMILES string of the molecule is CC(C)C(NC(=O)c1ccccc1)C(=O)N1CCC[C@H]1C(=O)O. The molecule has 6 heteroatoms. The normalized spacial score (nSPS) is 18.7. The number of nitrogens with one attached hydrogen (secondary N) is 1. The van der Waals surface area contributed by atoms with Crippen LogP contribution in [0.5, 0.6) is 0 Å². The smallest absolute Gasteiger partial charge is 0.326 e. The molecule has 23 heavy (non-hydrogen) atoms. The molecule has 2 atom stereocenters. The lowest BCUT2D eigenvalue weighted by Gasteiger charge is -2.29. The Morgan fingerprint density at radius 2 is 1.87 bits per heavy atom. The monoisotopic (exact) mass is 318 g/mol. The lowest BCUT2D eigenvalue weighted by molar-refractivity contribution is -0.149. The quantitative estimate of drug-likeness (QED) is 0.861. The van der Waals surface area contributed by atoms with Crippen LogP contribution in [-0.4, -0.2) is 46.4 Å². The number of carboxylic acid groups (broad SMARTS) is 1. The summed E-state index contributed by atoms with van der Waals surface area (Å²) in [6.45, 7) is 4.08. The van der Waals surface area contributed by atoms with Crippen molar-refractivity contribution in [2.75, 3.05) is 6.54 Å². The third kappa shape index (κ3) is 3.88. The first-order chi connectivity index (χ1) is 10.9. The summed E-state index contributed by atoms with van der Waals surface area (Å²) in [6, 6.07) is 7.13. The summed E-state index contributed by atoms with van der Waals surface area (Å²) in [5.74, 6) is -1.78. The first-order valence-corrected chi connectivity index (χ1v) is 7.81. The maximum atomic E-state index is 12.7. The van der Waals surface area contributed by atoms with Gasteiger partial charge in [-0.15, -0.1) is 0 Å². The van der Waals surface area contributed by atoms with E-state index in [1.807, 2.05) is 19.9 Å². The Labute approximate surface area is 135 Å². The highest BCUT2D eigenvalue weighted by molar-refractivity contribution is 5.98. The third-order valence-corrected chi connectivity index (χ3v) is 4.08. The van der Waals surface area contributed by atoms with Crippen molar-refractivity contribution in [1.29, 1.82) is 0 Å². The molecule has 1 saturated heterocycles. The van der Waals surface area contributed by atoms with Gasteiger partial charge in [-0.05, 0) is 30.9 Å². The molecule has 1 aromatic carbocycles. The number of nitrogens with zero attached hydrogens (tertiary/aromatic N) is 1. The van der Waals surface area contributed by atoms with Crippen LogP contribution in [0.3, 0.4) is 0 Å². The highest BCUT2D eigenvalue weighted by atomic mass is 16.4. The number of hydrogen-bond donors (Lipinski definition) is 2. The molecule has 2 rings (SSSR count). The molecule has 0 radical (unpaired) electrons. The van der Waals surface area contributed by atoms with Gasteiger partial charge >= 0.3 is 5.97 Å².